The minimum Gasteiger partial charge on any atom is -0.317 e. The van der Waals surface area contributed by atoms with E-state index in [1.54, 1.807) is 15.6 Å². The second kappa shape index (κ2) is 6.86. The maximum absolute atomic E-state index is 13.6. The summed E-state index contributed by atoms with van der Waals surface area (Å²) in [5.41, 5.74) is 2.45. The van der Waals surface area contributed by atoms with Gasteiger partial charge in [-0.2, -0.15) is 5.10 Å². The molecule has 2 heterocycles. The maximum Gasteiger partial charge on any atom is 0.322 e. The third kappa shape index (κ3) is 3.52. The van der Waals surface area contributed by atoms with E-state index in [0.29, 0.717) is 6.54 Å². The number of aryl methyl sites for hydroxylation is 1. The number of carbonyl (C=O) groups excluding carboxylic acids is 1. The number of carbonyl (C=O) groups is 1. The van der Waals surface area contributed by atoms with Crippen molar-refractivity contribution in [3.05, 3.63) is 47.5 Å². The Hall–Kier alpha value is -2.37. The quantitative estimate of drug-likeness (QED) is 0.902. The minimum atomic E-state index is -0.272. The molecule has 0 spiro atoms. The molecule has 0 saturated carbocycles. The zero-order valence-corrected chi connectivity index (χ0v) is 15.2. The summed E-state index contributed by atoms with van der Waals surface area (Å²) in [4.78, 5) is 14.7. The first-order valence-electron chi connectivity index (χ1n) is 8.73. The van der Waals surface area contributed by atoms with E-state index in [4.69, 9.17) is 0 Å². The molecule has 5 nitrogen and oxygen atoms in total. The summed E-state index contributed by atoms with van der Waals surface area (Å²) in [5, 5.41) is 7.43. The molecule has 0 aliphatic carbocycles. The summed E-state index contributed by atoms with van der Waals surface area (Å²) in [5.74, 6) is 0.227. The van der Waals surface area contributed by atoms with Crippen LogP contribution in [0, 0.1) is 11.7 Å². The van der Waals surface area contributed by atoms with Crippen LogP contribution in [-0.4, -0.2) is 27.3 Å². The van der Waals surface area contributed by atoms with Crippen LogP contribution >= 0.6 is 0 Å². The van der Waals surface area contributed by atoms with Crippen LogP contribution in [0.5, 0.6) is 0 Å². The Labute approximate surface area is 147 Å². The van der Waals surface area contributed by atoms with Crippen LogP contribution in [0.3, 0.4) is 0 Å². The molecule has 1 aromatic carbocycles. The smallest absolute Gasteiger partial charge is 0.317 e. The Kier molecular flexibility index (Phi) is 4.79. The predicted octanol–water partition coefficient (Wildman–Crippen LogP) is 4.30. The minimum absolute atomic E-state index is 0.116. The molecule has 0 bridgehead atoms. The SMILES string of the molecule is CC(C)c1nn(C)cc1NC(=O)N1CC[C@@H](C)[C@H]1c1cccc(F)c1. The average molecular weight is 344 g/mol. The molecule has 1 fully saturated rings. The van der Waals surface area contributed by atoms with Crippen molar-refractivity contribution < 1.29 is 9.18 Å². The van der Waals surface area contributed by atoms with Crippen molar-refractivity contribution in [3.63, 3.8) is 0 Å². The van der Waals surface area contributed by atoms with E-state index in [0.717, 1.165) is 23.4 Å². The molecule has 1 aliphatic heterocycles. The first-order chi connectivity index (χ1) is 11.9. The van der Waals surface area contributed by atoms with Gasteiger partial charge in [-0.3, -0.25) is 4.68 Å². The van der Waals surface area contributed by atoms with Crippen molar-refractivity contribution >= 4 is 11.7 Å². The fourth-order valence-corrected chi connectivity index (χ4v) is 3.59. The molecule has 2 atom stereocenters. The van der Waals surface area contributed by atoms with Crippen LogP contribution in [0.1, 0.15) is 50.4 Å². The van der Waals surface area contributed by atoms with Crippen molar-refractivity contribution in [2.24, 2.45) is 13.0 Å². The number of urea groups is 1. The average Bonchev–Trinajstić information content (AvgIpc) is 3.10. The van der Waals surface area contributed by atoms with Crippen LogP contribution in [0.15, 0.2) is 30.5 Å². The highest BCUT2D eigenvalue weighted by molar-refractivity contribution is 5.90. The second-order valence-corrected chi connectivity index (χ2v) is 7.15. The summed E-state index contributed by atoms with van der Waals surface area (Å²) in [6.07, 6.45) is 2.72. The number of amides is 2. The second-order valence-electron chi connectivity index (χ2n) is 7.15. The fourth-order valence-electron chi connectivity index (χ4n) is 3.59. The molecule has 0 unspecified atom stereocenters. The molecule has 1 saturated heterocycles. The molecule has 2 amide bonds. The third-order valence-corrected chi connectivity index (χ3v) is 4.80. The summed E-state index contributed by atoms with van der Waals surface area (Å²) in [6, 6.07) is 6.26. The Morgan fingerprint density at radius 2 is 2.16 bits per heavy atom. The Morgan fingerprint density at radius 1 is 1.40 bits per heavy atom. The highest BCUT2D eigenvalue weighted by atomic mass is 19.1. The number of nitrogens with one attached hydrogen (secondary N) is 1. The van der Waals surface area contributed by atoms with E-state index in [1.807, 2.05) is 33.2 Å². The summed E-state index contributed by atoms with van der Waals surface area (Å²) < 4.78 is 15.3. The Bertz CT molecular complexity index is 771. The van der Waals surface area contributed by atoms with E-state index in [-0.39, 0.29) is 29.7 Å². The van der Waals surface area contributed by atoms with Crippen LogP contribution in [0.25, 0.3) is 0 Å². The molecular weight excluding hydrogens is 319 g/mol. The van der Waals surface area contributed by atoms with Crippen molar-refractivity contribution in [1.82, 2.24) is 14.7 Å². The summed E-state index contributed by atoms with van der Waals surface area (Å²) >= 11 is 0. The molecule has 3 rings (SSSR count). The number of likely N-dealkylation sites (tertiary alicyclic amines) is 1. The lowest BCUT2D eigenvalue weighted by atomic mass is 9.95. The lowest BCUT2D eigenvalue weighted by Gasteiger charge is -2.27. The molecular formula is C19H25FN4O. The Morgan fingerprint density at radius 3 is 2.84 bits per heavy atom. The molecule has 6 heteroatoms. The standard InChI is InChI=1S/C19H25FN4O/c1-12(2)17-16(11-23(4)22-17)21-19(25)24-9-8-13(3)18(24)14-6-5-7-15(20)10-14/h5-7,10-13,18H,8-9H2,1-4H3,(H,21,25)/t13-,18+/m1/s1. The maximum atomic E-state index is 13.6. The lowest BCUT2D eigenvalue weighted by molar-refractivity contribution is 0.201. The van der Waals surface area contributed by atoms with E-state index < -0.39 is 0 Å². The molecule has 1 aliphatic rings. The van der Waals surface area contributed by atoms with Gasteiger partial charge in [-0.1, -0.05) is 32.9 Å². The number of benzene rings is 1. The number of rotatable bonds is 3. The summed E-state index contributed by atoms with van der Waals surface area (Å²) in [7, 11) is 1.84. The molecule has 1 aromatic heterocycles. The Balaban J connectivity index is 1.84. The van der Waals surface area contributed by atoms with Gasteiger partial charge in [0.1, 0.15) is 5.82 Å². The molecule has 0 radical (unpaired) electrons. The highest BCUT2D eigenvalue weighted by Gasteiger charge is 2.36. The van der Waals surface area contributed by atoms with Gasteiger partial charge in [0.15, 0.2) is 0 Å². The van der Waals surface area contributed by atoms with E-state index in [2.05, 4.69) is 17.3 Å². The van der Waals surface area contributed by atoms with Gasteiger partial charge in [0.25, 0.3) is 0 Å². The van der Waals surface area contributed by atoms with Gasteiger partial charge >= 0.3 is 6.03 Å². The number of nitrogens with zero attached hydrogens (tertiary/aromatic N) is 3. The lowest BCUT2D eigenvalue weighted by Crippen LogP contribution is -2.35. The van der Waals surface area contributed by atoms with Crippen molar-refractivity contribution in [1.29, 1.82) is 0 Å². The predicted molar refractivity (Wildman–Crippen MR) is 95.9 cm³/mol. The molecule has 134 valence electrons. The number of hydrogen-bond acceptors (Lipinski definition) is 2. The van der Waals surface area contributed by atoms with Crippen molar-refractivity contribution in [2.75, 3.05) is 11.9 Å². The zero-order chi connectivity index (χ0) is 18.1. The normalized spacial score (nSPS) is 20.3. The van der Waals surface area contributed by atoms with Gasteiger partial charge in [-0.25, -0.2) is 9.18 Å². The summed E-state index contributed by atoms with van der Waals surface area (Å²) in [6.45, 7) is 6.86. The van der Waals surface area contributed by atoms with Gasteiger partial charge < -0.3 is 10.2 Å². The van der Waals surface area contributed by atoms with Crippen LogP contribution in [0.4, 0.5) is 14.9 Å². The van der Waals surface area contributed by atoms with Crippen molar-refractivity contribution in [3.8, 4) is 0 Å². The first kappa shape index (κ1) is 17.5. The van der Waals surface area contributed by atoms with Crippen molar-refractivity contribution in [2.45, 2.75) is 39.2 Å². The zero-order valence-electron chi connectivity index (χ0n) is 15.2. The number of halogens is 1. The van der Waals surface area contributed by atoms with Crippen LogP contribution in [-0.2, 0) is 7.05 Å². The van der Waals surface area contributed by atoms with Gasteiger partial charge in [-0.15, -0.1) is 0 Å². The van der Waals surface area contributed by atoms with E-state index in [9.17, 15) is 9.18 Å². The third-order valence-electron chi connectivity index (χ3n) is 4.80. The number of aromatic nitrogens is 2. The number of hydrogen-bond donors (Lipinski definition) is 1. The molecule has 1 N–H and O–H groups in total. The largest absolute Gasteiger partial charge is 0.322 e. The van der Waals surface area contributed by atoms with Gasteiger partial charge in [-0.05, 0) is 36.0 Å². The number of anilines is 1. The van der Waals surface area contributed by atoms with E-state index >= 15 is 0 Å². The molecule has 2 aromatic rings. The van der Waals surface area contributed by atoms with Gasteiger partial charge in [0.05, 0.1) is 17.4 Å². The first-order valence-corrected chi connectivity index (χ1v) is 8.73. The highest BCUT2D eigenvalue weighted by Crippen LogP contribution is 2.37. The topological polar surface area (TPSA) is 50.2 Å². The van der Waals surface area contributed by atoms with Crippen LogP contribution in [0.2, 0.25) is 0 Å². The monoisotopic (exact) mass is 344 g/mol. The van der Waals surface area contributed by atoms with E-state index in [1.165, 1.54) is 12.1 Å². The fraction of sp³-hybridized carbons (Fsp3) is 0.474. The van der Waals surface area contributed by atoms with Gasteiger partial charge in [0, 0.05) is 19.8 Å². The van der Waals surface area contributed by atoms with Crippen LogP contribution < -0.4 is 5.32 Å². The molecule has 25 heavy (non-hydrogen) atoms. The van der Waals surface area contributed by atoms with Gasteiger partial charge in [0.2, 0.25) is 0 Å².